The number of carbonyl (C=O) groups is 1. The molecule has 0 bridgehead atoms. The van der Waals surface area contributed by atoms with Gasteiger partial charge in [-0.3, -0.25) is 4.79 Å². The number of amides is 1. The van der Waals surface area contributed by atoms with Crippen molar-refractivity contribution in [1.29, 1.82) is 0 Å². The first-order chi connectivity index (χ1) is 9.29. The number of nitrogens with zero attached hydrogens (tertiary/aromatic N) is 2. The van der Waals surface area contributed by atoms with Gasteiger partial charge in [0.15, 0.2) is 0 Å². The molecule has 3 nitrogen and oxygen atoms in total. The van der Waals surface area contributed by atoms with E-state index in [0.29, 0.717) is 13.1 Å². The number of halogens is 2. The molecule has 2 heterocycles. The number of aromatic nitrogens is 1. The van der Waals surface area contributed by atoms with Crippen molar-refractivity contribution in [3.8, 4) is 0 Å². The van der Waals surface area contributed by atoms with Crippen LogP contribution in [0.5, 0.6) is 0 Å². The molecule has 1 aliphatic rings. The van der Waals surface area contributed by atoms with Crippen molar-refractivity contribution < 1.29 is 9.18 Å². The maximum Gasteiger partial charge on any atom is 0.257 e. The molecule has 108 valence electrons. The second-order valence-electron chi connectivity index (χ2n) is 5.97. The molecule has 20 heavy (non-hydrogen) atoms. The largest absolute Gasteiger partial charge is 0.334 e. The molecule has 0 saturated heterocycles. The van der Waals surface area contributed by atoms with Crippen LogP contribution < -0.4 is 0 Å². The van der Waals surface area contributed by atoms with Gasteiger partial charge in [0.2, 0.25) is 0 Å². The van der Waals surface area contributed by atoms with Crippen LogP contribution in [0.3, 0.4) is 0 Å². The van der Waals surface area contributed by atoms with Crippen LogP contribution in [-0.2, 0) is 0 Å². The minimum absolute atomic E-state index is 0.0435. The Morgan fingerprint density at radius 2 is 2.15 bits per heavy atom. The molecule has 1 aliphatic heterocycles. The second kappa shape index (κ2) is 5.52. The summed E-state index contributed by atoms with van der Waals surface area (Å²) in [5, 5.41) is 0.0435. The van der Waals surface area contributed by atoms with Crippen LogP contribution in [0.1, 0.15) is 37.6 Å². The maximum absolute atomic E-state index is 13.2. The molecule has 1 aromatic rings. The molecule has 0 spiro atoms. The van der Waals surface area contributed by atoms with E-state index in [0.717, 1.165) is 18.7 Å². The molecule has 0 N–H and O–H groups in total. The van der Waals surface area contributed by atoms with Gasteiger partial charge in [-0.25, -0.2) is 9.37 Å². The summed E-state index contributed by atoms with van der Waals surface area (Å²) in [6, 6.07) is 1.14. The van der Waals surface area contributed by atoms with Gasteiger partial charge in [-0.15, -0.1) is 0 Å². The van der Waals surface area contributed by atoms with E-state index in [2.05, 4.69) is 31.8 Å². The molecule has 0 radical (unpaired) electrons. The molecule has 0 atom stereocenters. The molecular weight excluding hydrogens is 279 g/mol. The minimum atomic E-state index is -0.555. The molecule has 0 fully saturated rings. The monoisotopic (exact) mass is 296 g/mol. The van der Waals surface area contributed by atoms with Gasteiger partial charge < -0.3 is 4.90 Å². The van der Waals surface area contributed by atoms with Gasteiger partial charge >= 0.3 is 0 Å². The summed E-state index contributed by atoms with van der Waals surface area (Å²) in [5.41, 5.74) is 1.58. The topological polar surface area (TPSA) is 33.2 Å². The first-order valence-electron chi connectivity index (χ1n) is 6.59. The van der Waals surface area contributed by atoms with Crippen LogP contribution >= 0.6 is 11.6 Å². The average Bonchev–Trinajstić information content (AvgIpc) is 2.40. The predicted molar refractivity (Wildman–Crippen MR) is 77.3 cm³/mol. The zero-order valence-electron chi connectivity index (χ0n) is 11.9. The lowest BCUT2D eigenvalue weighted by atomic mass is 9.83. The zero-order chi connectivity index (χ0) is 14.9. The van der Waals surface area contributed by atoms with Crippen LogP contribution in [0.15, 0.2) is 23.9 Å². The Balaban J connectivity index is 2.17. The van der Waals surface area contributed by atoms with Gasteiger partial charge in [0.1, 0.15) is 11.0 Å². The van der Waals surface area contributed by atoms with E-state index in [4.69, 9.17) is 11.6 Å². The molecule has 0 unspecified atom stereocenters. The third-order valence-electron chi connectivity index (χ3n) is 3.50. The second-order valence-corrected chi connectivity index (χ2v) is 6.33. The summed E-state index contributed by atoms with van der Waals surface area (Å²) in [6.45, 7) is 7.62. The van der Waals surface area contributed by atoms with Crippen molar-refractivity contribution in [2.75, 3.05) is 13.1 Å². The van der Waals surface area contributed by atoms with Crippen LogP contribution in [0.4, 0.5) is 4.39 Å². The molecule has 0 saturated carbocycles. The molecule has 1 amide bonds. The van der Waals surface area contributed by atoms with E-state index in [-0.39, 0.29) is 22.0 Å². The lowest BCUT2D eigenvalue weighted by molar-refractivity contribution is 0.0764. The Labute approximate surface area is 123 Å². The molecule has 0 aliphatic carbocycles. The highest BCUT2D eigenvalue weighted by Gasteiger charge is 2.25. The third-order valence-corrected chi connectivity index (χ3v) is 3.80. The summed E-state index contributed by atoms with van der Waals surface area (Å²) in [7, 11) is 0. The van der Waals surface area contributed by atoms with Gasteiger partial charge in [-0.2, -0.15) is 0 Å². The average molecular weight is 297 g/mol. The van der Waals surface area contributed by atoms with Crippen molar-refractivity contribution in [2.45, 2.75) is 27.2 Å². The Bertz CT molecular complexity index is 563. The van der Waals surface area contributed by atoms with E-state index in [1.54, 1.807) is 4.90 Å². The van der Waals surface area contributed by atoms with E-state index in [9.17, 15) is 9.18 Å². The summed E-state index contributed by atoms with van der Waals surface area (Å²) in [4.78, 5) is 17.7. The highest BCUT2D eigenvalue weighted by molar-refractivity contribution is 6.32. The molecule has 5 heteroatoms. The quantitative estimate of drug-likeness (QED) is 0.585. The van der Waals surface area contributed by atoms with Crippen molar-refractivity contribution in [3.05, 3.63) is 40.4 Å². The summed E-state index contributed by atoms with van der Waals surface area (Å²) < 4.78 is 13.2. The van der Waals surface area contributed by atoms with Crippen LogP contribution in [0.25, 0.3) is 0 Å². The fourth-order valence-corrected chi connectivity index (χ4v) is 2.46. The number of pyridine rings is 1. The standard InChI is InChI=1S/C15H18ClFN2O/c1-15(2,3)10-4-6-19(7-5-10)14(20)12-8-11(17)9-18-13(12)16/h4,8-9H,5-7H2,1-3H3. The normalized spacial score (nSPS) is 16.1. The smallest absolute Gasteiger partial charge is 0.257 e. The van der Waals surface area contributed by atoms with Crippen LogP contribution in [0, 0.1) is 11.2 Å². The zero-order valence-corrected chi connectivity index (χ0v) is 12.7. The third kappa shape index (κ3) is 3.18. The van der Waals surface area contributed by atoms with E-state index in [1.807, 2.05) is 0 Å². The predicted octanol–water partition coefficient (Wildman–Crippen LogP) is 3.69. The van der Waals surface area contributed by atoms with Gasteiger partial charge in [0.25, 0.3) is 5.91 Å². The highest BCUT2D eigenvalue weighted by Crippen LogP contribution is 2.30. The van der Waals surface area contributed by atoms with E-state index in [1.165, 1.54) is 5.57 Å². The highest BCUT2D eigenvalue weighted by atomic mass is 35.5. The fraction of sp³-hybridized carbons (Fsp3) is 0.467. The fourth-order valence-electron chi connectivity index (χ4n) is 2.28. The van der Waals surface area contributed by atoms with Crippen LogP contribution in [-0.4, -0.2) is 28.9 Å². The molecule has 2 rings (SSSR count). The lowest BCUT2D eigenvalue weighted by Gasteiger charge is -2.32. The number of hydrogen-bond acceptors (Lipinski definition) is 2. The molecule has 1 aromatic heterocycles. The Kier molecular flexibility index (Phi) is 4.14. The SMILES string of the molecule is CC(C)(C)C1=CCN(C(=O)c2cc(F)cnc2Cl)CC1. The summed E-state index contributed by atoms with van der Waals surface area (Å²) in [5.74, 6) is -0.827. The van der Waals surface area contributed by atoms with Gasteiger partial charge in [-0.05, 0) is 17.9 Å². The van der Waals surface area contributed by atoms with Crippen molar-refractivity contribution in [3.63, 3.8) is 0 Å². The Morgan fingerprint density at radius 1 is 1.45 bits per heavy atom. The first kappa shape index (κ1) is 15.0. The molecule has 0 aromatic carbocycles. The number of carbonyl (C=O) groups excluding carboxylic acids is 1. The Morgan fingerprint density at radius 3 is 2.70 bits per heavy atom. The summed E-state index contributed by atoms with van der Waals surface area (Å²) >= 11 is 5.87. The Hall–Kier alpha value is -1.42. The van der Waals surface area contributed by atoms with Gasteiger partial charge in [-0.1, -0.05) is 44.0 Å². The van der Waals surface area contributed by atoms with Gasteiger partial charge in [0, 0.05) is 13.1 Å². The van der Waals surface area contributed by atoms with E-state index >= 15 is 0 Å². The van der Waals surface area contributed by atoms with E-state index < -0.39 is 5.82 Å². The minimum Gasteiger partial charge on any atom is -0.334 e. The first-order valence-corrected chi connectivity index (χ1v) is 6.96. The lowest BCUT2D eigenvalue weighted by Crippen LogP contribution is -2.36. The summed E-state index contributed by atoms with van der Waals surface area (Å²) in [6.07, 6.45) is 3.91. The van der Waals surface area contributed by atoms with Crippen molar-refractivity contribution in [1.82, 2.24) is 9.88 Å². The number of rotatable bonds is 1. The molecular formula is C15H18ClFN2O. The van der Waals surface area contributed by atoms with Gasteiger partial charge in [0.05, 0.1) is 11.8 Å². The number of hydrogen-bond donors (Lipinski definition) is 0. The maximum atomic E-state index is 13.2. The van der Waals surface area contributed by atoms with Crippen molar-refractivity contribution in [2.24, 2.45) is 5.41 Å². The van der Waals surface area contributed by atoms with Crippen LogP contribution in [0.2, 0.25) is 5.15 Å². The van der Waals surface area contributed by atoms with Crippen molar-refractivity contribution >= 4 is 17.5 Å².